The van der Waals surface area contributed by atoms with Crippen LogP contribution >= 0.6 is 11.8 Å². The van der Waals surface area contributed by atoms with Gasteiger partial charge in [0.1, 0.15) is 0 Å². The molecule has 0 saturated heterocycles. The molecule has 0 bridgehead atoms. The number of nitrogens with two attached hydrogens (primary N) is 1. The molecular formula is C13H21NS. The predicted octanol–water partition coefficient (Wildman–Crippen LogP) is 3.38. The average molecular weight is 223 g/mol. The van der Waals surface area contributed by atoms with Crippen molar-refractivity contribution in [2.24, 2.45) is 11.7 Å². The van der Waals surface area contributed by atoms with Crippen molar-refractivity contribution < 1.29 is 0 Å². The highest BCUT2D eigenvalue weighted by molar-refractivity contribution is 7.99. The Labute approximate surface area is 97.4 Å². The number of hydrogen-bond acceptors (Lipinski definition) is 2. The first-order chi connectivity index (χ1) is 7.09. The summed E-state index contributed by atoms with van der Waals surface area (Å²) in [5.41, 5.74) is 8.67. The van der Waals surface area contributed by atoms with Gasteiger partial charge in [0.2, 0.25) is 0 Å². The van der Waals surface area contributed by atoms with Gasteiger partial charge in [-0.2, -0.15) is 11.8 Å². The third kappa shape index (κ3) is 4.72. The summed E-state index contributed by atoms with van der Waals surface area (Å²) in [6, 6.07) is 8.66. The van der Waals surface area contributed by atoms with Crippen LogP contribution < -0.4 is 5.73 Å². The van der Waals surface area contributed by atoms with Gasteiger partial charge >= 0.3 is 0 Å². The third-order valence-corrected chi connectivity index (χ3v) is 3.72. The third-order valence-electron chi connectivity index (χ3n) is 2.22. The van der Waals surface area contributed by atoms with E-state index in [1.165, 1.54) is 16.9 Å². The first-order valence-corrected chi connectivity index (χ1v) is 6.65. The fourth-order valence-electron chi connectivity index (χ4n) is 1.43. The lowest BCUT2D eigenvalue weighted by Gasteiger charge is -2.13. The molecule has 0 fully saturated rings. The highest BCUT2D eigenvalue weighted by Gasteiger charge is 2.06. The highest BCUT2D eigenvalue weighted by Crippen LogP contribution is 2.18. The summed E-state index contributed by atoms with van der Waals surface area (Å²) in [4.78, 5) is 0. The Kier molecular flexibility index (Phi) is 5.20. The monoisotopic (exact) mass is 223 g/mol. The Bertz CT molecular complexity index is 296. The zero-order chi connectivity index (χ0) is 11.3. The van der Waals surface area contributed by atoms with Crippen molar-refractivity contribution in [3.63, 3.8) is 0 Å². The summed E-state index contributed by atoms with van der Waals surface area (Å²) in [6.07, 6.45) is 0. The first kappa shape index (κ1) is 12.6. The zero-order valence-electron chi connectivity index (χ0n) is 9.86. The van der Waals surface area contributed by atoms with Gasteiger partial charge in [-0.1, -0.05) is 43.7 Å². The van der Waals surface area contributed by atoms with E-state index in [-0.39, 0.29) is 6.04 Å². The molecule has 1 unspecified atom stereocenters. The number of thioether (sulfide) groups is 1. The first-order valence-electron chi connectivity index (χ1n) is 5.49. The molecule has 0 radical (unpaired) electrons. The van der Waals surface area contributed by atoms with Crippen LogP contribution in [0.2, 0.25) is 0 Å². The molecule has 2 heteroatoms. The molecule has 1 aromatic carbocycles. The van der Waals surface area contributed by atoms with E-state index in [0.717, 1.165) is 11.7 Å². The maximum atomic E-state index is 6.13. The Morgan fingerprint density at radius 2 is 2.00 bits per heavy atom. The van der Waals surface area contributed by atoms with Crippen molar-refractivity contribution in [1.29, 1.82) is 0 Å². The van der Waals surface area contributed by atoms with Crippen LogP contribution in [-0.2, 0) is 0 Å². The van der Waals surface area contributed by atoms with Crippen LogP contribution in [0.4, 0.5) is 0 Å². The summed E-state index contributed by atoms with van der Waals surface area (Å²) >= 11 is 1.95. The number of hydrogen-bond donors (Lipinski definition) is 1. The Morgan fingerprint density at radius 1 is 1.27 bits per heavy atom. The van der Waals surface area contributed by atoms with E-state index in [0.29, 0.717) is 0 Å². The quantitative estimate of drug-likeness (QED) is 0.828. The lowest BCUT2D eigenvalue weighted by atomic mass is 10.1. The fraction of sp³-hybridized carbons (Fsp3) is 0.538. The van der Waals surface area contributed by atoms with Crippen molar-refractivity contribution in [3.8, 4) is 0 Å². The Hall–Kier alpha value is -0.470. The summed E-state index contributed by atoms with van der Waals surface area (Å²) in [7, 11) is 0. The van der Waals surface area contributed by atoms with Crippen molar-refractivity contribution >= 4 is 11.8 Å². The van der Waals surface area contributed by atoms with Gasteiger partial charge in [0.05, 0.1) is 0 Å². The van der Waals surface area contributed by atoms with Gasteiger partial charge in [-0.05, 0) is 24.2 Å². The minimum atomic E-state index is 0.175. The van der Waals surface area contributed by atoms with Crippen molar-refractivity contribution in [3.05, 3.63) is 35.4 Å². The smallest absolute Gasteiger partial charge is 0.0386 e. The van der Waals surface area contributed by atoms with Gasteiger partial charge in [-0.3, -0.25) is 0 Å². The molecule has 0 saturated carbocycles. The molecule has 1 rings (SSSR count). The molecule has 0 aliphatic rings. The van der Waals surface area contributed by atoms with Crippen LogP contribution in [0.15, 0.2) is 24.3 Å². The lowest BCUT2D eigenvalue weighted by Crippen LogP contribution is -2.13. The van der Waals surface area contributed by atoms with Gasteiger partial charge in [-0.15, -0.1) is 0 Å². The Balaban J connectivity index is 2.43. The largest absolute Gasteiger partial charge is 0.323 e. The molecule has 15 heavy (non-hydrogen) atoms. The Morgan fingerprint density at radius 3 is 2.60 bits per heavy atom. The average Bonchev–Trinajstić information content (AvgIpc) is 2.17. The molecule has 0 aliphatic carbocycles. The van der Waals surface area contributed by atoms with Gasteiger partial charge in [0, 0.05) is 11.8 Å². The zero-order valence-corrected chi connectivity index (χ0v) is 10.7. The molecule has 84 valence electrons. The van der Waals surface area contributed by atoms with Crippen LogP contribution in [0.5, 0.6) is 0 Å². The molecule has 0 heterocycles. The van der Waals surface area contributed by atoms with Crippen LogP contribution in [0.25, 0.3) is 0 Å². The summed E-state index contributed by atoms with van der Waals surface area (Å²) in [5.74, 6) is 2.96. The van der Waals surface area contributed by atoms with Crippen molar-refractivity contribution in [2.75, 3.05) is 11.5 Å². The number of aryl methyl sites for hydroxylation is 1. The summed E-state index contributed by atoms with van der Waals surface area (Å²) < 4.78 is 0. The summed E-state index contributed by atoms with van der Waals surface area (Å²) in [6.45, 7) is 6.59. The molecule has 1 atom stereocenters. The van der Waals surface area contributed by atoms with Gasteiger partial charge in [0.15, 0.2) is 0 Å². The molecule has 0 aromatic heterocycles. The van der Waals surface area contributed by atoms with E-state index in [4.69, 9.17) is 5.73 Å². The van der Waals surface area contributed by atoms with Crippen molar-refractivity contribution in [2.45, 2.75) is 26.8 Å². The number of benzene rings is 1. The maximum absolute atomic E-state index is 6.13. The molecule has 1 nitrogen and oxygen atoms in total. The molecule has 1 aromatic rings. The van der Waals surface area contributed by atoms with Crippen molar-refractivity contribution in [1.82, 2.24) is 0 Å². The van der Waals surface area contributed by atoms with Gasteiger partial charge in [0.25, 0.3) is 0 Å². The van der Waals surface area contributed by atoms with E-state index in [1.807, 2.05) is 11.8 Å². The summed E-state index contributed by atoms with van der Waals surface area (Å²) in [5, 5.41) is 0. The fourth-order valence-corrected chi connectivity index (χ4v) is 2.48. The second-order valence-corrected chi connectivity index (χ2v) is 5.53. The standard InChI is InChI=1S/C13H21NS/c1-10(2)8-15-9-13(14)12-6-4-5-11(3)7-12/h4-7,10,13H,8-9,14H2,1-3H3. The minimum Gasteiger partial charge on any atom is -0.323 e. The van der Waals surface area contributed by atoms with E-state index in [1.54, 1.807) is 0 Å². The number of rotatable bonds is 5. The maximum Gasteiger partial charge on any atom is 0.0386 e. The van der Waals surface area contributed by atoms with Crippen LogP contribution in [0.3, 0.4) is 0 Å². The molecule has 2 N–H and O–H groups in total. The van der Waals surface area contributed by atoms with E-state index >= 15 is 0 Å². The van der Waals surface area contributed by atoms with Crippen LogP contribution in [-0.4, -0.2) is 11.5 Å². The van der Waals surface area contributed by atoms with Crippen LogP contribution in [0, 0.1) is 12.8 Å². The van der Waals surface area contributed by atoms with E-state index < -0.39 is 0 Å². The molecule has 0 aliphatic heterocycles. The van der Waals surface area contributed by atoms with Crippen LogP contribution in [0.1, 0.15) is 31.0 Å². The topological polar surface area (TPSA) is 26.0 Å². The molecule has 0 amide bonds. The van der Waals surface area contributed by atoms with E-state index in [2.05, 4.69) is 45.0 Å². The lowest BCUT2D eigenvalue weighted by molar-refractivity contribution is 0.746. The predicted molar refractivity (Wildman–Crippen MR) is 70.3 cm³/mol. The second-order valence-electron chi connectivity index (χ2n) is 4.45. The second kappa shape index (κ2) is 6.19. The molecular weight excluding hydrogens is 202 g/mol. The van der Waals surface area contributed by atoms with Gasteiger partial charge in [-0.25, -0.2) is 0 Å². The SMILES string of the molecule is Cc1cccc(C(N)CSCC(C)C)c1. The normalized spacial score (nSPS) is 13.1. The van der Waals surface area contributed by atoms with E-state index in [9.17, 15) is 0 Å². The molecule has 0 spiro atoms. The highest BCUT2D eigenvalue weighted by atomic mass is 32.2. The van der Waals surface area contributed by atoms with Gasteiger partial charge < -0.3 is 5.73 Å². The minimum absolute atomic E-state index is 0.175.